The number of allylic oxidation sites excluding steroid dienone is 2. The summed E-state index contributed by atoms with van der Waals surface area (Å²) in [7, 11) is 0. The molecule has 0 saturated carbocycles. The predicted octanol–water partition coefficient (Wildman–Crippen LogP) is 2.28. The average Bonchev–Trinajstić information content (AvgIpc) is 3.39. The summed E-state index contributed by atoms with van der Waals surface area (Å²) >= 11 is -0.965. The number of rotatable bonds is 4. The molecule has 0 saturated heterocycles. The van der Waals surface area contributed by atoms with Crippen molar-refractivity contribution in [2.45, 2.75) is 21.1 Å². The molecular weight excluding hydrogens is 546 g/mol. The summed E-state index contributed by atoms with van der Waals surface area (Å²) in [6, 6.07) is 36.4. The Kier molecular flexibility index (Phi) is 8.02. The fourth-order valence-electron chi connectivity index (χ4n) is 5.17. The third kappa shape index (κ3) is 4.92. The first-order valence-electron chi connectivity index (χ1n) is 11.7. The zero-order chi connectivity index (χ0) is 22.4. The molecule has 2 unspecified atom stereocenters. The molecule has 0 N–H and O–H groups in total. The van der Waals surface area contributed by atoms with Gasteiger partial charge >= 0.3 is 209 Å². The van der Waals surface area contributed by atoms with Crippen molar-refractivity contribution in [3.63, 3.8) is 0 Å². The quantitative estimate of drug-likeness (QED) is 0.352. The van der Waals surface area contributed by atoms with Crippen LogP contribution in [0.2, 0.25) is 0 Å². The average molecular weight is 573 g/mol. The van der Waals surface area contributed by atoms with Crippen molar-refractivity contribution in [3.05, 3.63) is 142 Å². The third-order valence-electron chi connectivity index (χ3n) is 6.96. The van der Waals surface area contributed by atoms with Crippen molar-refractivity contribution < 1.29 is 48.0 Å². The molecule has 4 aromatic rings. The van der Waals surface area contributed by atoms with Crippen LogP contribution in [-0.4, -0.2) is 0 Å². The molecule has 2 aliphatic carbocycles. The third-order valence-corrected chi connectivity index (χ3v) is 11.7. The monoisotopic (exact) mass is 570 g/mol. The zero-order valence-corrected chi connectivity index (χ0v) is 23.8. The van der Waals surface area contributed by atoms with Crippen molar-refractivity contribution in [1.82, 2.24) is 0 Å². The summed E-state index contributed by atoms with van der Waals surface area (Å²) in [5.74, 6) is 0. The molecule has 0 radical (unpaired) electrons. The van der Waals surface area contributed by atoms with E-state index in [1.54, 1.807) is 0 Å². The zero-order valence-electron chi connectivity index (χ0n) is 19.8. The summed E-state index contributed by atoms with van der Waals surface area (Å²) in [4.78, 5) is 0. The molecule has 2 aliphatic rings. The minimum atomic E-state index is -0.965. The molecule has 35 heavy (non-hydrogen) atoms. The van der Waals surface area contributed by atoms with Gasteiger partial charge in [-0.05, 0) is 0 Å². The van der Waals surface area contributed by atoms with E-state index in [1.807, 2.05) is 0 Å². The van der Waals surface area contributed by atoms with Crippen molar-refractivity contribution >= 4 is 23.3 Å². The van der Waals surface area contributed by atoms with Gasteiger partial charge in [-0.1, -0.05) is 0 Å². The Bertz CT molecular complexity index is 1290. The van der Waals surface area contributed by atoms with Gasteiger partial charge in [0.05, 0.1) is 0 Å². The Morgan fingerprint density at radius 2 is 0.857 bits per heavy atom. The maximum atomic E-state index is 2.46. The Morgan fingerprint density at radius 3 is 1.26 bits per heavy atom. The van der Waals surface area contributed by atoms with Gasteiger partial charge in [0.25, 0.3) is 0 Å². The van der Waals surface area contributed by atoms with E-state index in [-0.39, 0.29) is 24.8 Å². The summed E-state index contributed by atoms with van der Waals surface area (Å²) in [5.41, 5.74) is 14.3. The van der Waals surface area contributed by atoms with E-state index in [4.69, 9.17) is 0 Å². The van der Waals surface area contributed by atoms with Gasteiger partial charge in [0.1, 0.15) is 0 Å². The molecule has 3 heteroatoms. The molecule has 0 aromatic heterocycles. The predicted molar refractivity (Wildman–Crippen MR) is 136 cm³/mol. The molecule has 0 spiro atoms. The second-order valence-electron chi connectivity index (χ2n) is 9.22. The number of fused-ring (bicyclic) bond motifs is 2. The molecule has 0 aliphatic heterocycles. The smallest absolute Gasteiger partial charge is 1.00 e. The summed E-state index contributed by atoms with van der Waals surface area (Å²) in [5, 5.41) is 0. The van der Waals surface area contributed by atoms with Crippen LogP contribution in [0, 0.1) is 13.8 Å². The molecular formula is C32H26Cl2Zr. The minimum Gasteiger partial charge on any atom is -1.00 e. The number of benzene rings is 4. The van der Waals surface area contributed by atoms with E-state index >= 15 is 0 Å². The van der Waals surface area contributed by atoms with Gasteiger partial charge < -0.3 is 24.8 Å². The molecule has 0 heterocycles. The Morgan fingerprint density at radius 1 is 0.486 bits per heavy atom. The van der Waals surface area contributed by atoms with Crippen molar-refractivity contribution in [2.24, 2.45) is 0 Å². The molecule has 6 rings (SSSR count). The first-order chi connectivity index (χ1) is 16.2. The van der Waals surface area contributed by atoms with Gasteiger partial charge in [-0.3, -0.25) is 0 Å². The molecule has 0 bridgehead atoms. The van der Waals surface area contributed by atoms with Gasteiger partial charge in [0.15, 0.2) is 0 Å². The molecule has 0 amide bonds. The van der Waals surface area contributed by atoms with Crippen LogP contribution in [0.4, 0.5) is 0 Å². The normalized spacial score (nSPS) is 17.2. The van der Waals surface area contributed by atoms with Gasteiger partial charge in [0, 0.05) is 0 Å². The first-order valence-corrected chi connectivity index (χ1v) is 14.5. The number of halogens is 2. The first kappa shape index (κ1) is 25.9. The van der Waals surface area contributed by atoms with E-state index in [1.165, 1.54) is 55.7 Å². The Balaban J connectivity index is 0.00000144. The fourth-order valence-corrected chi connectivity index (χ4v) is 10.3. The Hall–Kier alpha value is -2.18. The Labute approximate surface area is 232 Å². The second kappa shape index (κ2) is 10.8. The van der Waals surface area contributed by atoms with Crippen LogP contribution in [0.3, 0.4) is 0 Å². The molecule has 172 valence electrons. The van der Waals surface area contributed by atoms with Gasteiger partial charge in [-0.2, -0.15) is 0 Å². The van der Waals surface area contributed by atoms with Crippen molar-refractivity contribution in [1.29, 1.82) is 0 Å². The molecule has 2 atom stereocenters. The fraction of sp³-hybridized carbons (Fsp3) is 0.125. The number of hydrogen-bond acceptors (Lipinski definition) is 0. The maximum absolute atomic E-state index is 2.46. The van der Waals surface area contributed by atoms with Gasteiger partial charge in [-0.15, -0.1) is 0 Å². The number of aryl methyl sites for hydroxylation is 2. The van der Waals surface area contributed by atoms with Crippen LogP contribution in [0.25, 0.3) is 23.3 Å². The summed E-state index contributed by atoms with van der Waals surface area (Å²) in [6.45, 7) is 4.34. The van der Waals surface area contributed by atoms with Crippen LogP contribution in [0.5, 0.6) is 0 Å². The van der Waals surface area contributed by atoms with E-state index in [9.17, 15) is 0 Å². The van der Waals surface area contributed by atoms with Crippen LogP contribution >= 0.6 is 0 Å². The largest absolute Gasteiger partial charge is 1.00 e. The van der Waals surface area contributed by atoms with E-state index in [2.05, 4.69) is 123 Å². The SMILES string of the molecule is Cc1ccc(C2=Cc3ccccc3[CH]2[Zr+2][CH]2C(c3ccc(C)cc3)=Cc3ccccc32)cc1.[Cl-].[Cl-]. The van der Waals surface area contributed by atoms with Crippen LogP contribution in [0.15, 0.2) is 97.1 Å². The van der Waals surface area contributed by atoms with Gasteiger partial charge in [-0.25, -0.2) is 0 Å². The second-order valence-corrected chi connectivity index (χ2v) is 12.9. The van der Waals surface area contributed by atoms with E-state index < -0.39 is 23.2 Å². The van der Waals surface area contributed by atoms with Crippen LogP contribution < -0.4 is 24.8 Å². The minimum absolute atomic E-state index is 0. The number of hydrogen-bond donors (Lipinski definition) is 0. The maximum Gasteiger partial charge on any atom is -1.00 e. The van der Waals surface area contributed by atoms with Gasteiger partial charge in [0.2, 0.25) is 0 Å². The standard InChI is InChI=1S/2C16H13.2ClH.Zr/c2*1-12-6-8-13(9-7-12)16-10-14-4-2-3-5-15(14)11-16;;;/h2*2-11H,1H3;2*1H;/q;;;;+2/p-2. The van der Waals surface area contributed by atoms with Crippen LogP contribution in [0.1, 0.15) is 51.8 Å². The van der Waals surface area contributed by atoms with E-state index in [0.29, 0.717) is 7.25 Å². The summed E-state index contributed by atoms with van der Waals surface area (Å²) in [6.07, 6.45) is 4.92. The summed E-state index contributed by atoms with van der Waals surface area (Å²) < 4.78 is 1.11. The van der Waals surface area contributed by atoms with E-state index in [0.717, 1.165) is 0 Å². The van der Waals surface area contributed by atoms with Crippen molar-refractivity contribution in [2.75, 3.05) is 0 Å². The molecule has 0 nitrogen and oxygen atoms in total. The topological polar surface area (TPSA) is 0 Å². The molecule has 4 aromatic carbocycles. The van der Waals surface area contributed by atoms with Crippen LogP contribution in [-0.2, 0) is 23.2 Å². The molecule has 0 fully saturated rings. The van der Waals surface area contributed by atoms with Crippen molar-refractivity contribution in [3.8, 4) is 0 Å².